The Morgan fingerprint density at radius 1 is 1.04 bits per heavy atom. The van der Waals surface area contributed by atoms with E-state index in [1.165, 1.54) is 7.05 Å². The molecule has 1 rings (SSSR count). The van der Waals surface area contributed by atoms with Crippen LogP contribution in [-0.2, 0) is 19.1 Å². The van der Waals surface area contributed by atoms with Gasteiger partial charge in [0.15, 0.2) is 6.61 Å². The van der Waals surface area contributed by atoms with Crippen molar-refractivity contribution in [3.05, 3.63) is 34.3 Å². The van der Waals surface area contributed by atoms with Gasteiger partial charge in [0, 0.05) is 11.5 Å². The Kier molecular flexibility index (Phi) is 7.75. The number of hydrogen-bond donors (Lipinski definition) is 3. The number of esters is 1. The summed E-state index contributed by atoms with van der Waals surface area (Å²) in [5.41, 5.74) is 0.378. The minimum absolute atomic E-state index is 0.203. The number of nitrogens with one attached hydrogen (secondary N) is 3. The van der Waals surface area contributed by atoms with Crippen molar-refractivity contribution in [1.29, 1.82) is 0 Å². The average Bonchev–Trinajstić information content (AvgIpc) is 2.55. The van der Waals surface area contributed by atoms with Crippen molar-refractivity contribution in [2.75, 3.05) is 26.7 Å². The second-order valence-electron chi connectivity index (χ2n) is 4.27. The van der Waals surface area contributed by atoms with Crippen LogP contribution in [0.1, 0.15) is 10.4 Å². The number of halogens is 1. The number of likely N-dealkylation sites (N-methyl/N-ethyl adjacent to an activating group) is 1. The predicted molar refractivity (Wildman–Crippen MR) is 84.5 cm³/mol. The lowest BCUT2D eigenvalue weighted by Gasteiger charge is -2.08. The zero-order valence-electron chi connectivity index (χ0n) is 12.3. The van der Waals surface area contributed by atoms with Crippen molar-refractivity contribution < 1.29 is 23.9 Å². The van der Waals surface area contributed by atoms with Crippen molar-refractivity contribution in [3.63, 3.8) is 0 Å². The van der Waals surface area contributed by atoms with E-state index in [-0.39, 0.29) is 19.0 Å². The average molecular weight is 386 g/mol. The smallest absolute Gasteiger partial charge is 0.325 e. The second-order valence-corrected chi connectivity index (χ2v) is 5.13. The summed E-state index contributed by atoms with van der Waals surface area (Å²) in [7, 11) is 1.43. The molecule has 0 aliphatic carbocycles. The molecule has 0 fully saturated rings. The zero-order valence-corrected chi connectivity index (χ0v) is 13.9. The van der Waals surface area contributed by atoms with Gasteiger partial charge in [0.05, 0.1) is 12.1 Å². The highest BCUT2D eigenvalue weighted by Gasteiger charge is 2.12. The molecule has 0 saturated heterocycles. The monoisotopic (exact) mass is 385 g/mol. The third-order valence-corrected chi connectivity index (χ3v) is 3.29. The summed E-state index contributed by atoms with van der Waals surface area (Å²) < 4.78 is 5.27. The second kappa shape index (κ2) is 9.57. The maximum Gasteiger partial charge on any atom is 0.325 e. The molecule has 3 amide bonds. The van der Waals surface area contributed by atoms with Crippen LogP contribution < -0.4 is 16.0 Å². The van der Waals surface area contributed by atoms with Gasteiger partial charge >= 0.3 is 5.97 Å². The Morgan fingerprint density at radius 2 is 1.74 bits per heavy atom. The lowest BCUT2D eigenvalue weighted by Crippen LogP contribution is -2.38. The van der Waals surface area contributed by atoms with Gasteiger partial charge in [-0.2, -0.15) is 0 Å². The number of rotatable bonds is 7. The number of amides is 3. The topological polar surface area (TPSA) is 114 Å². The molecule has 9 heteroatoms. The number of carbonyl (C=O) groups is 4. The molecule has 0 aliphatic rings. The Hall–Kier alpha value is -2.42. The molecule has 0 saturated carbocycles. The van der Waals surface area contributed by atoms with Crippen molar-refractivity contribution in [2.45, 2.75) is 0 Å². The normalized spacial score (nSPS) is 9.65. The van der Waals surface area contributed by atoms with Crippen molar-refractivity contribution in [1.82, 2.24) is 16.0 Å². The van der Waals surface area contributed by atoms with Crippen LogP contribution in [0, 0.1) is 0 Å². The van der Waals surface area contributed by atoms with Crippen LogP contribution in [-0.4, -0.2) is 50.4 Å². The summed E-state index contributed by atoms with van der Waals surface area (Å²) in [5, 5.41) is 6.97. The third-order valence-electron chi connectivity index (χ3n) is 2.60. The number of benzene rings is 1. The molecule has 124 valence electrons. The van der Waals surface area contributed by atoms with E-state index >= 15 is 0 Å². The predicted octanol–water partition coefficient (Wildman–Crippen LogP) is -0.416. The van der Waals surface area contributed by atoms with E-state index in [0.29, 0.717) is 10.0 Å². The van der Waals surface area contributed by atoms with Gasteiger partial charge in [-0.15, -0.1) is 0 Å². The van der Waals surface area contributed by atoms with Crippen LogP contribution in [0.25, 0.3) is 0 Å². The number of carbonyl (C=O) groups excluding carboxylic acids is 4. The zero-order chi connectivity index (χ0) is 17.2. The van der Waals surface area contributed by atoms with E-state index in [1.54, 1.807) is 24.3 Å². The quantitative estimate of drug-likeness (QED) is 0.551. The molecule has 0 aromatic heterocycles. The molecule has 23 heavy (non-hydrogen) atoms. The lowest BCUT2D eigenvalue weighted by molar-refractivity contribution is -0.147. The van der Waals surface area contributed by atoms with Gasteiger partial charge in [0.25, 0.3) is 11.8 Å². The highest BCUT2D eigenvalue weighted by Crippen LogP contribution is 2.15. The van der Waals surface area contributed by atoms with Crippen LogP contribution in [0.15, 0.2) is 28.7 Å². The highest BCUT2D eigenvalue weighted by atomic mass is 79.9. The summed E-state index contributed by atoms with van der Waals surface area (Å²) in [6, 6.07) is 6.74. The Bertz CT molecular complexity index is 606. The molecule has 8 nitrogen and oxygen atoms in total. The summed E-state index contributed by atoms with van der Waals surface area (Å²) in [6.45, 7) is -1.10. The molecule has 3 N–H and O–H groups in total. The van der Waals surface area contributed by atoms with Crippen LogP contribution in [0.2, 0.25) is 0 Å². The van der Waals surface area contributed by atoms with Crippen LogP contribution in [0.4, 0.5) is 0 Å². The molecule has 0 radical (unpaired) electrons. The standard InChI is InChI=1S/C14H16BrN3O5/c1-16-11(19)6-17-12(20)8-23-13(21)7-18-14(22)9-4-2-3-5-10(9)15/h2-5H,6-8H2,1H3,(H,16,19)(H,17,20)(H,18,22). The molecule has 1 aromatic carbocycles. The summed E-state index contributed by atoms with van der Waals surface area (Å²) in [5.74, 6) is -2.19. The van der Waals surface area contributed by atoms with Crippen molar-refractivity contribution >= 4 is 39.6 Å². The van der Waals surface area contributed by atoms with E-state index in [1.807, 2.05) is 0 Å². The van der Waals surface area contributed by atoms with Gasteiger partial charge in [0.1, 0.15) is 6.54 Å². The number of hydrogen-bond acceptors (Lipinski definition) is 5. The molecule has 0 aliphatic heterocycles. The fourth-order valence-corrected chi connectivity index (χ4v) is 1.87. The third kappa shape index (κ3) is 6.92. The maximum absolute atomic E-state index is 11.8. The Balaban J connectivity index is 2.29. The van der Waals surface area contributed by atoms with E-state index < -0.39 is 24.4 Å². The van der Waals surface area contributed by atoms with Gasteiger partial charge in [-0.1, -0.05) is 12.1 Å². The van der Waals surface area contributed by atoms with E-state index in [4.69, 9.17) is 0 Å². The molecule has 0 atom stereocenters. The molecule has 0 spiro atoms. The fourth-order valence-electron chi connectivity index (χ4n) is 1.41. The van der Waals surface area contributed by atoms with Crippen LogP contribution >= 0.6 is 15.9 Å². The first-order chi connectivity index (χ1) is 10.9. The van der Waals surface area contributed by atoms with Gasteiger partial charge in [0.2, 0.25) is 5.91 Å². The van der Waals surface area contributed by atoms with Gasteiger partial charge in [-0.3, -0.25) is 19.2 Å². The van der Waals surface area contributed by atoms with E-state index in [0.717, 1.165) is 0 Å². The largest absolute Gasteiger partial charge is 0.454 e. The first-order valence-corrected chi connectivity index (χ1v) is 7.39. The molecule has 0 unspecified atom stereocenters. The molecular weight excluding hydrogens is 370 g/mol. The van der Waals surface area contributed by atoms with E-state index in [9.17, 15) is 19.2 Å². The highest BCUT2D eigenvalue weighted by molar-refractivity contribution is 9.10. The Morgan fingerprint density at radius 3 is 2.39 bits per heavy atom. The molecular formula is C14H16BrN3O5. The van der Waals surface area contributed by atoms with Gasteiger partial charge in [-0.05, 0) is 28.1 Å². The molecule has 1 aromatic rings. The minimum Gasteiger partial charge on any atom is -0.454 e. The van der Waals surface area contributed by atoms with Crippen LogP contribution in [0.3, 0.4) is 0 Å². The van der Waals surface area contributed by atoms with Crippen molar-refractivity contribution in [2.24, 2.45) is 0 Å². The first-order valence-electron chi connectivity index (χ1n) is 6.59. The van der Waals surface area contributed by atoms with Gasteiger partial charge < -0.3 is 20.7 Å². The van der Waals surface area contributed by atoms with Crippen LogP contribution in [0.5, 0.6) is 0 Å². The fraction of sp³-hybridized carbons (Fsp3) is 0.286. The Labute approximate surface area is 141 Å². The first kappa shape index (κ1) is 18.6. The molecule has 0 bridgehead atoms. The maximum atomic E-state index is 11.8. The van der Waals surface area contributed by atoms with Gasteiger partial charge in [-0.25, -0.2) is 0 Å². The van der Waals surface area contributed by atoms with E-state index in [2.05, 4.69) is 36.6 Å². The lowest BCUT2D eigenvalue weighted by atomic mass is 10.2. The molecule has 0 heterocycles. The van der Waals surface area contributed by atoms with Crippen molar-refractivity contribution in [3.8, 4) is 0 Å². The minimum atomic E-state index is -0.763. The summed E-state index contributed by atoms with van der Waals surface area (Å²) in [4.78, 5) is 45.5. The number of ether oxygens (including phenoxy) is 1. The SMILES string of the molecule is CNC(=O)CNC(=O)COC(=O)CNC(=O)c1ccccc1Br. The summed E-state index contributed by atoms with van der Waals surface area (Å²) in [6.07, 6.45) is 0. The summed E-state index contributed by atoms with van der Waals surface area (Å²) >= 11 is 3.23.